The maximum atomic E-state index is 11.3. The molecule has 0 spiro atoms. The van der Waals surface area contributed by atoms with Crippen molar-refractivity contribution in [1.82, 2.24) is 0 Å². The van der Waals surface area contributed by atoms with E-state index >= 15 is 0 Å². The average molecular weight is 217 g/mol. The third-order valence-electron chi connectivity index (χ3n) is 3.26. The van der Waals surface area contributed by atoms with Crippen LogP contribution in [0.3, 0.4) is 0 Å². The first-order valence-electron chi connectivity index (χ1n) is 4.56. The second-order valence-electron chi connectivity index (χ2n) is 4.22. The molecule has 5 heteroatoms. The number of hydrogen-bond acceptors (Lipinski definition) is 4. The summed E-state index contributed by atoms with van der Waals surface area (Å²) in [5.74, 6) is -0.0581. The van der Waals surface area contributed by atoms with Crippen molar-refractivity contribution in [3.05, 3.63) is 0 Å². The lowest BCUT2D eigenvalue weighted by Crippen LogP contribution is -2.27. The van der Waals surface area contributed by atoms with E-state index in [1.807, 2.05) is 6.92 Å². The lowest BCUT2D eigenvalue weighted by molar-refractivity contribution is 0.144. The number of aliphatic hydroxyl groups excluding tert-OH is 1. The van der Waals surface area contributed by atoms with Gasteiger partial charge >= 0.3 is 0 Å². The van der Waals surface area contributed by atoms with Crippen LogP contribution in [-0.4, -0.2) is 31.6 Å². The summed E-state index contributed by atoms with van der Waals surface area (Å²) >= 11 is 0. The minimum absolute atomic E-state index is 0.0581. The molecule has 1 fully saturated rings. The summed E-state index contributed by atoms with van der Waals surface area (Å²) in [5.41, 5.74) is -0.853. The second kappa shape index (κ2) is 3.52. The molecule has 1 saturated carbocycles. The first kappa shape index (κ1) is 11.5. The molecule has 14 heavy (non-hydrogen) atoms. The van der Waals surface area contributed by atoms with Crippen molar-refractivity contribution in [1.29, 1.82) is 5.26 Å². The molecule has 3 atom stereocenters. The summed E-state index contributed by atoms with van der Waals surface area (Å²) < 4.78 is 22.6. The Balaban J connectivity index is 2.95. The van der Waals surface area contributed by atoms with E-state index in [0.717, 1.165) is 0 Å². The van der Waals surface area contributed by atoms with Gasteiger partial charge in [-0.3, -0.25) is 0 Å². The molecule has 80 valence electrons. The Labute approximate surface area is 84.5 Å². The highest BCUT2D eigenvalue weighted by Gasteiger charge is 2.48. The molecule has 0 aromatic heterocycles. The van der Waals surface area contributed by atoms with E-state index in [1.165, 1.54) is 6.26 Å². The maximum absolute atomic E-state index is 11.3. The van der Waals surface area contributed by atoms with Crippen LogP contribution >= 0.6 is 0 Å². The standard InChI is InChI=1S/C9H15NO3S/c1-7-3-8(14(2,12)13)4-9(7,5-10)6-11/h7-8,11H,3-4,6H2,1-2H3/t7-,8+,9+/m0/s1. The van der Waals surface area contributed by atoms with Crippen LogP contribution in [0.1, 0.15) is 19.8 Å². The Hall–Kier alpha value is -0.600. The van der Waals surface area contributed by atoms with Crippen molar-refractivity contribution in [2.45, 2.75) is 25.0 Å². The molecule has 1 rings (SSSR count). The van der Waals surface area contributed by atoms with Crippen LogP contribution in [-0.2, 0) is 9.84 Å². The largest absolute Gasteiger partial charge is 0.395 e. The lowest BCUT2D eigenvalue weighted by atomic mass is 9.81. The van der Waals surface area contributed by atoms with Crippen molar-refractivity contribution >= 4 is 9.84 Å². The van der Waals surface area contributed by atoms with Crippen LogP contribution in [0.15, 0.2) is 0 Å². The van der Waals surface area contributed by atoms with Crippen LogP contribution < -0.4 is 0 Å². The lowest BCUT2D eigenvalue weighted by Gasteiger charge is -2.22. The van der Waals surface area contributed by atoms with Crippen LogP contribution in [0, 0.1) is 22.7 Å². The average Bonchev–Trinajstić information content (AvgIpc) is 2.43. The van der Waals surface area contributed by atoms with Gasteiger partial charge in [0.25, 0.3) is 0 Å². The Morgan fingerprint density at radius 3 is 2.43 bits per heavy atom. The fourth-order valence-corrected chi connectivity index (χ4v) is 3.29. The van der Waals surface area contributed by atoms with Gasteiger partial charge in [0.05, 0.1) is 23.3 Å². The number of rotatable bonds is 2. The Morgan fingerprint density at radius 2 is 2.21 bits per heavy atom. The fourth-order valence-electron chi connectivity index (χ4n) is 2.05. The monoisotopic (exact) mass is 217 g/mol. The molecule has 1 aliphatic carbocycles. The zero-order chi connectivity index (χ0) is 11.0. The molecular weight excluding hydrogens is 202 g/mol. The van der Waals surface area contributed by atoms with Crippen molar-refractivity contribution < 1.29 is 13.5 Å². The van der Waals surface area contributed by atoms with Gasteiger partial charge < -0.3 is 5.11 Å². The van der Waals surface area contributed by atoms with E-state index in [1.54, 1.807) is 0 Å². The van der Waals surface area contributed by atoms with Gasteiger partial charge in [0, 0.05) is 6.26 Å². The molecule has 0 aromatic rings. The van der Waals surface area contributed by atoms with Gasteiger partial charge in [-0.15, -0.1) is 0 Å². The minimum atomic E-state index is -3.09. The number of nitriles is 1. The van der Waals surface area contributed by atoms with E-state index in [0.29, 0.717) is 6.42 Å². The van der Waals surface area contributed by atoms with E-state index in [-0.39, 0.29) is 18.9 Å². The molecule has 0 amide bonds. The Kier molecular flexibility index (Phi) is 2.88. The first-order chi connectivity index (χ1) is 6.35. The van der Waals surface area contributed by atoms with Gasteiger partial charge in [-0.25, -0.2) is 8.42 Å². The summed E-state index contributed by atoms with van der Waals surface area (Å²) in [6.45, 7) is 1.57. The molecule has 0 saturated heterocycles. The zero-order valence-corrected chi connectivity index (χ0v) is 9.21. The SMILES string of the molecule is C[C@H]1C[C@@H](S(C)(=O)=O)C[C@@]1(C#N)CO. The predicted octanol–water partition coefficient (Wildman–Crippen LogP) is 0.332. The molecule has 0 unspecified atom stereocenters. The number of sulfone groups is 1. The number of hydrogen-bond donors (Lipinski definition) is 1. The maximum Gasteiger partial charge on any atom is 0.150 e. The van der Waals surface area contributed by atoms with Crippen LogP contribution in [0.25, 0.3) is 0 Å². The molecule has 0 aliphatic heterocycles. The highest BCUT2D eigenvalue weighted by Crippen LogP contribution is 2.44. The third kappa shape index (κ3) is 1.77. The summed E-state index contributed by atoms with van der Waals surface area (Å²) in [5, 5.41) is 17.7. The van der Waals surface area contributed by atoms with Gasteiger partial charge in [0.1, 0.15) is 9.84 Å². The van der Waals surface area contributed by atoms with E-state index in [2.05, 4.69) is 6.07 Å². The predicted molar refractivity (Wildman–Crippen MR) is 52.2 cm³/mol. The van der Waals surface area contributed by atoms with Gasteiger partial charge in [-0.2, -0.15) is 5.26 Å². The van der Waals surface area contributed by atoms with Crippen molar-refractivity contribution in [2.75, 3.05) is 12.9 Å². The number of nitrogens with zero attached hydrogens (tertiary/aromatic N) is 1. The topological polar surface area (TPSA) is 78.2 Å². The molecular formula is C9H15NO3S. The van der Waals surface area contributed by atoms with E-state index in [9.17, 15) is 8.42 Å². The second-order valence-corrected chi connectivity index (χ2v) is 6.54. The van der Waals surface area contributed by atoms with Crippen LogP contribution in [0.2, 0.25) is 0 Å². The van der Waals surface area contributed by atoms with Gasteiger partial charge in [-0.1, -0.05) is 6.92 Å². The van der Waals surface area contributed by atoms with Crippen LogP contribution in [0.5, 0.6) is 0 Å². The van der Waals surface area contributed by atoms with Crippen molar-refractivity contribution in [3.63, 3.8) is 0 Å². The molecule has 0 heterocycles. The molecule has 0 radical (unpaired) electrons. The van der Waals surface area contributed by atoms with Gasteiger partial charge in [0.2, 0.25) is 0 Å². The number of aliphatic hydroxyl groups is 1. The van der Waals surface area contributed by atoms with E-state index < -0.39 is 20.5 Å². The summed E-state index contributed by atoms with van der Waals surface area (Å²) in [6.07, 6.45) is 1.93. The van der Waals surface area contributed by atoms with Gasteiger partial charge in [0.15, 0.2) is 0 Å². The molecule has 0 bridgehead atoms. The Bertz CT molecular complexity index is 357. The highest BCUT2D eigenvalue weighted by molar-refractivity contribution is 7.91. The fraction of sp³-hybridized carbons (Fsp3) is 0.889. The molecule has 1 aliphatic rings. The van der Waals surface area contributed by atoms with Crippen molar-refractivity contribution in [3.8, 4) is 6.07 Å². The van der Waals surface area contributed by atoms with Crippen molar-refractivity contribution in [2.24, 2.45) is 11.3 Å². The summed E-state index contributed by atoms with van der Waals surface area (Å²) in [4.78, 5) is 0. The Morgan fingerprint density at radius 1 is 1.64 bits per heavy atom. The smallest absolute Gasteiger partial charge is 0.150 e. The third-order valence-corrected chi connectivity index (χ3v) is 4.83. The summed E-state index contributed by atoms with van der Waals surface area (Å²) in [7, 11) is -3.09. The first-order valence-corrected chi connectivity index (χ1v) is 6.52. The van der Waals surface area contributed by atoms with Crippen LogP contribution in [0.4, 0.5) is 0 Å². The molecule has 4 nitrogen and oxygen atoms in total. The van der Waals surface area contributed by atoms with Gasteiger partial charge in [-0.05, 0) is 18.8 Å². The minimum Gasteiger partial charge on any atom is -0.395 e. The normalized spacial score (nSPS) is 38.1. The highest BCUT2D eigenvalue weighted by atomic mass is 32.2. The quantitative estimate of drug-likeness (QED) is 0.723. The molecule has 0 aromatic carbocycles. The summed E-state index contributed by atoms with van der Waals surface area (Å²) in [6, 6.07) is 2.06. The van der Waals surface area contributed by atoms with E-state index in [4.69, 9.17) is 10.4 Å². The zero-order valence-electron chi connectivity index (χ0n) is 8.40. The molecule has 1 N–H and O–H groups in total.